The number of primary amides is 1. The van der Waals surface area contributed by atoms with Crippen LogP contribution in [0.15, 0.2) is 42.5 Å². The SMILES string of the molecule is CCc1nc(C(N)=O)c(Nc2cc3cccccc-3c2)nc1NC1CCC(O)CC1. The summed E-state index contributed by atoms with van der Waals surface area (Å²) in [6, 6.07) is 14.3. The van der Waals surface area contributed by atoms with E-state index < -0.39 is 5.91 Å². The number of aryl methyl sites for hydroxylation is 1. The molecule has 0 aliphatic heterocycles. The van der Waals surface area contributed by atoms with Crippen molar-refractivity contribution in [1.29, 1.82) is 0 Å². The highest BCUT2D eigenvalue weighted by Crippen LogP contribution is 2.31. The molecule has 0 spiro atoms. The Balaban J connectivity index is 1.66. The van der Waals surface area contributed by atoms with E-state index in [1.165, 1.54) is 0 Å². The molecule has 0 radical (unpaired) electrons. The molecule has 1 aromatic heterocycles. The van der Waals surface area contributed by atoms with Crippen LogP contribution in [0.3, 0.4) is 0 Å². The first-order chi connectivity index (χ1) is 14.5. The minimum atomic E-state index is -0.616. The van der Waals surface area contributed by atoms with Gasteiger partial charge in [-0.3, -0.25) is 4.79 Å². The summed E-state index contributed by atoms with van der Waals surface area (Å²) in [4.78, 5) is 21.3. The number of nitrogens with zero attached hydrogens (tertiary/aromatic N) is 2. The molecule has 1 amide bonds. The highest BCUT2D eigenvalue weighted by Gasteiger charge is 2.23. The van der Waals surface area contributed by atoms with Crippen LogP contribution in [-0.4, -0.2) is 33.1 Å². The quantitative estimate of drug-likeness (QED) is 0.497. The Labute approximate surface area is 176 Å². The molecular weight excluding hydrogens is 378 g/mol. The van der Waals surface area contributed by atoms with Crippen LogP contribution in [-0.2, 0) is 6.42 Å². The fraction of sp³-hybridized carbons (Fsp3) is 0.348. The molecule has 0 aromatic carbocycles. The fourth-order valence-corrected chi connectivity index (χ4v) is 3.93. The molecule has 0 saturated heterocycles. The Morgan fingerprint density at radius 1 is 1.07 bits per heavy atom. The van der Waals surface area contributed by atoms with Crippen LogP contribution in [0.5, 0.6) is 0 Å². The summed E-state index contributed by atoms with van der Waals surface area (Å²) in [6.45, 7) is 1.97. The highest BCUT2D eigenvalue weighted by molar-refractivity contribution is 5.97. The van der Waals surface area contributed by atoms with E-state index >= 15 is 0 Å². The predicted molar refractivity (Wildman–Crippen MR) is 118 cm³/mol. The largest absolute Gasteiger partial charge is 0.393 e. The number of nitrogens with two attached hydrogens (primary N) is 1. The lowest BCUT2D eigenvalue weighted by molar-refractivity contribution is 0.0996. The standard InChI is InChI=1S/C23H27N5O2/c1-2-19-22(25-16-8-10-18(29)11-9-16)28-23(20(27-19)21(24)30)26-17-12-14-6-4-3-5-7-15(14)13-17/h3-7,12-13,16,18,29H,2,8-11H2,1H3,(H2,24,30)(H2,25,26,28). The van der Waals surface area contributed by atoms with E-state index in [1.807, 2.05) is 49.4 Å². The second kappa shape index (κ2) is 8.67. The Hall–Kier alpha value is -3.19. The number of fused-ring (bicyclic) bond motifs is 1. The molecule has 0 bridgehead atoms. The van der Waals surface area contributed by atoms with Gasteiger partial charge in [0.05, 0.1) is 11.8 Å². The van der Waals surface area contributed by atoms with Gasteiger partial charge in [-0.2, -0.15) is 0 Å². The topological polar surface area (TPSA) is 113 Å². The maximum Gasteiger partial charge on any atom is 0.271 e. The lowest BCUT2D eigenvalue weighted by Crippen LogP contribution is -2.29. The van der Waals surface area contributed by atoms with Crippen molar-refractivity contribution in [3.8, 4) is 11.1 Å². The minimum absolute atomic E-state index is 0.132. The van der Waals surface area contributed by atoms with Gasteiger partial charge < -0.3 is 21.5 Å². The van der Waals surface area contributed by atoms with Crippen LogP contribution >= 0.6 is 0 Å². The Kier molecular flexibility index (Phi) is 5.81. The Bertz CT molecular complexity index is 984. The van der Waals surface area contributed by atoms with E-state index in [2.05, 4.69) is 15.6 Å². The zero-order chi connectivity index (χ0) is 21.1. The first-order valence-corrected chi connectivity index (χ1v) is 10.4. The van der Waals surface area contributed by atoms with E-state index in [-0.39, 0.29) is 17.8 Å². The van der Waals surface area contributed by atoms with Gasteiger partial charge in [0.15, 0.2) is 11.5 Å². The molecule has 1 heterocycles. The summed E-state index contributed by atoms with van der Waals surface area (Å²) in [6.07, 6.45) is 3.70. The van der Waals surface area contributed by atoms with Gasteiger partial charge in [0, 0.05) is 11.7 Å². The van der Waals surface area contributed by atoms with Crippen LogP contribution in [0.2, 0.25) is 0 Å². The first-order valence-electron chi connectivity index (χ1n) is 10.4. The van der Waals surface area contributed by atoms with Crippen molar-refractivity contribution in [2.45, 2.75) is 51.2 Å². The molecule has 0 unspecified atom stereocenters. The van der Waals surface area contributed by atoms with Gasteiger partial charge >= 0.3 is 0 Å². The van der Waals surface area contributed by atoms with Crippen molar-refractivity contribution in [1.82, 2.24) is 9.97 Å². The third-order valence-electron chi connectivity index (χ3n) is 5.57. The van der Waals surface area contributed by atoms with Gasteiger partial charge in [-0.1, -0.05) is 37.3 Å². The normalized spacial score (nSPS) is 18.9. The van der Waals surface area contributed by atoms with Crippen molar-refractivity contribution in [3.63, 3.8) is 0 Å². The smallest absolute Gasteiger partial charge is 0.271 e. The molecule has 4 rings (SSSR count). The molecule has 1 aromatic rings. The average molecular weight is 406 g/mol. The lowest BCUT2D eigenvalue weighted by Gasteiger charge is -2.27. The number of amides is 1. The average Bonchev–Trinajstić information content (AvgIpc) is 2.97. The summed E-state index contributed by atoms with van der Waals surface area (Å²) < 4.78 is 0. The van der Waals surface area contributed by atoms with Gasteiger partial charge in [-0.25, -0.2) is 9.97 Å². The zero-order valence-electron chi connectivity index (χ0n) is 17.1. The number of carbonyl (C=O) groups excluding carboxylic acids is 1. The second-order valence-electron chi connectivity index (χ2n) is 7.77. The number of nitrogens with one attached hydrogen (secondary N) is 2. The van der Waals surface area contributed by atoms with E-state index in [9.17, 15) is 9.90 Å². The third-order valence-corrected chi connectivity index (χ3v) is 5.57. The molecule has 7 nitrogen and oxygen atoms in total. The van der Waals surface area contributed by atoms with Gasteiger partial charge in [-0.05, 0) is 55.4 Å². The number of carbonyl (C=O) groups is 1. The minimum Gasteiger partial charge on any atom is -0.393 e. The van der Waals surface area contributed by atoms with Crippen LogP contribution in [0.1, 0.15) is 48.8 Å². The van der Waals surface area contributed by atoms with E-state index in [0.29, 0.717) is 23.8 Å². The van der Waals surface area contributed by atoms with Crippen LogP contribution < -0.4 is 16.4 Å². The number of rotatable bonds is 6. The number of hydrogen-bond donors (Lipinski definition) is 4. The van der Waals surface area contributed by atoms with Gasteiger partial charge in [-0.15, -0.1) is 0 Å². The zero-order valence-corrected chi connectivity index (χ0v) is 17.1. The van der Waals surface area contributed by atoms with E-state index in [0.717, 1.165) is 42.5 Å². The summed E-state index contributed by atoms with van der Waals surface area (Å²) in [5, 5.41) is 16.5. The molecule has 1 saturated carbocycles. The first kappa shape index (κ1) is 20.1. The summed E-state index contributed by atoms with van der Waals surface area (Å²) in [7, 11) is 0. The molecule has 3 aliphatic carbocycles. The maximum atomic E-state index is 12.1. The van der Waals surface area contributed by atoms with Crippen LogP contribution in [0, 0.1) is 0 Å². The van der Waals surface area contributed by atoms with Crippen molar-refractivity contribution in [2.24, 2.45) is 5.73 Å². The molecular formula is C23H27N5O2. The number of hydrogen-bond acceptors (Lipinski definition) is 6. The predicted octanol–water partition coefficient (Wildman–Crippen LogP) is 3.70. The van der Waals surface area contributed by atoms with Crippen molar-refractivity contribution < 1.29 is 9.90 Å². The third kappa shape index (κ3) is 4.36. The van der Waals surface area contributed by atoms with Gasteiger partial charge in [0.2, 0.25) is 0 Å². The highest BCUT2D eigenvalue weighted by atomic mass is 16.3. The van der Waals surface area contributed by atoms with Crippen LogP contribution in [0.25, 0.3) is 11.1 Å². The number of aliphatic hydroxyl groups excluding tert-OH is 1. The van der Waals surface area contributed by atoms with Gasteiger partial charge in [0.1, 0.15) is 5.82 Å². The maximum absolute atomic E-state index is 12.1. The van der Waals surface area contributed by atoms with Crippen molar-refractivity contribution in [2.75, 3.05) is 10.6 Å². The molecule has 156 valence electrons. The van der Waals surface area contributed by atoms with E-state index in [1.54, 1.807) is 0 Å². The number of aliphatic hydroxyl groups is 1. The summed E-state index contributed by atoms with van der Waals surface area (Å²) >= 11 is 0. The van der Waals surface area contributed by atoms with E-state index in [4.69, 9.17) is 10.7 Å². The van der Waals surface area contributed by atoms with Gasteiger partial charge in [0.25, 0.3) is 5.91 Å². The molecule has 7 heteroatoms. The monoisotopic (exact) mass is 405 g/mol. The summed E-state index contributed by atoms with van der Waals surface area (Å²) in [5.74, 6) is 0.390. The molecule has 3 aliphatic rings. The van der Waals surface area contributed by atoms with Crippen LogP contribution in [0.4, 0.5) is 17.3 Å². The second-order valence-corrected chi connectivity index (χ2v) is 7.77. The Morgan fingerprint density at radius 2 is 1.73 bits per heavy atom. The lowest BCUT2D eigenvalue weighted by atomic mass is 9.93. The Morgan fingerprint density at radius 3 is 2.33 bits per heavy atom. The molecule has 30 heavy (non-hydrogen) atoms. The number of aromatic nitrogens is 2. The molecule has 1 fully saturated rings. The number of anilines is 3. The van der Waals surface area contributed by atoms with Crippen molar-refractivity contribution in [3.05, 3.63) is 53.9 Å². The van der Waals surface area contributed by atoms with Crippen molar-refractivity contribution >= 4 is 23.2 Å². The summed E-state index contributed by atoms with van der Waals surface area (Å²) in [5.41, 5.74) is 9.43. The molecule has 0 atom stereocenters. The fourth-order valence-electron chi connectivity index (χ4n) is 3.93. The molecule has 5 N–H and O–H groups in total.